The minimum atomic E-state index is -3.50. The summed E-state index contributed by atoms with van der Waals surface area (Å²) in [6.07, 6.45) is 0. The van der Waals surface area contributed by atoms with Gasteiger partial charge in [-0.3, -0.25) is 0 Å². The molecule has 0 saturated carbocycles. The lowest BCUT2D eigenvalue weighted by molar-refractivity contribution is 0.526. The molecule has 0 radical (unpaired) electrons. The zero-order valence-electron chi connectivity index (χ0n) is 7.76. The Hall–Kier alpha value is -0.770. The third kappa shape index (κ3) is 2.61. The molecule has 1 aromatic heterocycles. The van der Waals surface area contributed by atoms with Gasteiger partial charge in [0.15, 0.2) is 0 Å². The van der Waals surface area contributed by atoms with Gasteiger partial charge in [0.05, 0.1) is 0 Å². The SMILES string of the molecule is CN(C)S(=O)(=O)Nc1nnc(CN)s1. The lowest BCUT2D eigenvalue weighted by Gasteiger charge is -2.10. The number of hydrogen-bond donors (Lipinski definition) is 2. The van der Waals surface area contributed by atoms with E-state index in [9.17, 15) is 8.42 Å². The van der Waals surface area contributed by atoms with Gasteiger partial charge in [-0.15, -0.1) is 10.2 Å². The molecular weight excluding hydrogens is 226 g/mol. The van der Waals surface area contributed by atoms with Crippen molar-refractivity contribution >= 4 is 26.7 Å². The number of nitrogens with one attached hydrogen (secondary N) is 1. The Morgan fingerprint density at radius 2 is 2.14 bits per heavy atom. The average Bonchev–Trinajstić information content (AvgIpc) is 2.51. The van der Waals surface area contributed by atoms with E-state index in [1.807, 2.05) is 0 Å². The molecule has 9 heteroatoms. The Kier molecular flexibility index (Phi) is 3.37. The van der Waals surface area contributed by atoms with Crippen LogP contribution in [0.5, 0.6) is 0 Å². The fourth-order valence-electron chi connectivity index (χ4n) is 0.579. The molecule has 1 rings (SSSR count). The molecule has 3 N–H and O–H groups in total. The van der Waals surface area contributed by atoms with Crippen LogP contribution in [0.4, 0.5) is 5.13 Å². The number of nitrogens with two attached hydrogens (primary N) is 1. The fourth-order valence-corrected chi connectivity index (χ4v) is 1.98. The summed E-state index contributed by atoms with van der Waals surface area (Å²) < 4.78 is 26.0. The van der Waals surface area contributed by atoms with Gasteiger partial charge in [-0.25, -0.2) is 4.72 Å². The second kappa shape index (κ2) is 4.17. The molecule has 14 heavy (non-hydrogen) atoms. The van der Waals surface area contributed by atoms with Gasteiger partial charge in [0, 0.05) is 20.6 Å². The predicted octanol–water partition coefficient (Wildman–Crippen LogP) is -0.785. The van der Waals surface area contributed by atoms with Gasteiger partial charge in [-0.05, 0) is 0 Å². The van der Waals surface area contributed by atoms with E-state index >= 15 is 0 Å². The van der Waals surface area contributed by atoms with Gasteiger partial charge < -0.3 is 5.73 Å². The van der Waals surface area contributed by atoms with E-state index in [2.05, 4.69) is 14.9 Å². The molecule has 7 nitrogen and oxygen atoms in total. The van der Waals surface area contributed by atoms with E-state index in [1.165, 1.54) is 14.1 Å². The standard InChI is InChI=1S/C5H11N5O2S2/c1-10(2)14(11,12)9-5-8-7-4(3-6)13-5/h3,6H2,1-2H3,(H,8,9). The van der Waals surface area contributed by atoms with Crippen LogP contribution >= 0.6 is 11.3 Å². The topological polar surface area (TPSA) is 101 Å². The highest BCUT2D eigenvalue weighted by Gasteiger charge is 2.15. The number of anilines is 1. The van der Waals surface area contributed by atoms with Crippen LogP contribution in [-0.4, -0.2) is 37.0 Å². The molecule has 0 spiro atoms. The van der Waals surface area contributed by atoms with Crippen LogP contribution in [0.2, 0.25) is 0 Å². The van der Waals surface area contributed by atoms with Crippen molar-refractivity contribution in [1.82, 2.24) is 14.5 Å². The lowest BCUT2D eigenvalue weighted by atomic mass is 10.7. The molecule has 0 unspecified atom stereocenters. The predicted molar refractivity (Wildman–Crippen MR) is 54.0 cm³/mol. The summed E-state index contributed by atoms with van der Waals surface area (Å²) in [7, 11) is -0.648. The van der Waals surface area contributed by atoms with Crippen LogP contribution in [0.1, 0.15) is 5.01 Å². The highest BCUT2D eigenvalue weighted by molar-refractivity contribution is 7.90. The lowest BCUT2D eigenvalue weighted by Crippen LogP contribution is -2.28. The molecule has 1 aromatic rings. The molecule has 1 heterocycles. The second-order valence-electron chi connectivity index (χ2n) is 2.59. The van der Waals surface area contributed by atoms with Crippen molar-refractivity contribution in [3.8, 4) is 0 Å². The van der Waals surface area contributed by atoms with Gasteiger partial charge in [-0.2, -0.15) is 12.7 Å². The van der Waals surface area contributed by atoms with Gasteiger partial charge in [0.2, 0.25) is 5.13 Å². The summed E-state index contributed by atoms with van der Waals surface area (Å²) >= 11 is 1.11. The molecule has 0 amide bonds. The molecule has 0 aliphatic rings. The minimum Gasteiger partial charge on any atom is -0.324 e. The van der Waals surface area contributed by atoms with E-state index in [1.54, 1.807) is 0 Å². The summed E-state index contributed by atoms with van der Waals surface area (Å²) in [5.41, 5.74) is 5.31. The van der Waals surface area contributed by atoms with Gasteiger partial charge in [0.1, 0.15) is 5.01 Å². The molecule has 80 valence electrons. The Labute approximate surface area is 86.1 Å². The summed E-state index contributed by atoms with van der Waals surface area (Å²) in [5.74, 6) is 0. The number of nitrogens with zero attached hydrogens (tertiary/aromatic N) is 3. The monoisotopic (exact) mass is 237 g/mol. The molecule has 0 aliphatic heterocycles. The van der Waals surface area contributed by atoms with E-state index in [0.717, 1.165) is 15.6 Å². The van der Waals surface area contributed by atoms with Crippen molar-refractivity contribution in [3.05, 3.63) is 5.01 Å². The summed E-state index contributed by atoms with van der Waals surface area (Å²) in [6.45, 7) is 0.251. The van der Waals surface area contributed by atoms with Gasteiger partial charge in [0.25, 0.3) is 0 Å². The Balaban J connectivity index is 2.79. The maximum Gasteiger partial charge on any atom is 0.302 e. The van der Waals surface area contributed by atoms with E-state index in [0.29, 0.717) is 5.01 Å². The normalized spacial score (nSPS) is 12.0. The third-order valence-electron chi connectivity index (χ3n) is 1.34. The molecule has 0 atom stereocenters. The smallest absolute Gasteiger partial charge is 0.302 e. The van der Waals surface area contributed by atoms with Gasteiger partial charge >= 0.3 is 10.2 Å². The van der Waals surface area contributed by atoms with Crippen molar-refractivity contribution < 1.29 is 8.42 Å². The van der Waals surface area contributed by atoms with Crippen LogP contribution in [-0.2, 0) is 16.8 Å². The van der Waals surface area contributed by atoms with Crippen molar-refractivity contribution in [2.45, 2.75) is 6.54 Å². The minimum absolute atomic E-state index is 0.221. The number of hydrogen-bond acceptors (Lipinski definition) is 6. The molecule has 0 bridgehead atoms. The van der Waals surface area contributed by atoms with Crippen LogP contribution in [0.25, 0.3) is 0 Å². The molecular formula is C5H11N5O2S2. The third-order valence-corrected chi connectivity index (χ3v) is 3.74. The summed E-state index contributed by atoms with van der Waals surface area (Å²) in [5, 5.41) is 8.11. The first-order valence-electron chi connectivity index (χ1n) is 3.68. The van der Waals surface area contributed by atoms with E-state index < -0.39 is 10.2 Å². The molecule has 0 fully saturated rings. The first-order valence-corrected chi connectivity index (χ1v) is 5.94. The van der Waals surface area contributed by atoms with Crippen LogP contribution < -0.4 is 10.5 Å². The summed E-state index contributed by atoms with van der Waals surface area (Å²) in [4.78, 5) is 0. The fraction of sp³-hybridized carbons (Fsp3) is 0.600. The Morgan fingerprint density at radius 1 is 1.50 bits per heavy atom. The highest BCUT2D eigenvalue weighted by Crippen LogP contribution is 2.16. The van der Waals surface area contributed by atoms with Crippen molar-refractivity contribution in [1.29, 1.82) is 0 Å². The Bertz CT molecular complexity index is 398. The van der Waals surface area contributed by atoms with Crippen LogP contribution in [0.3, 0.4) is 0 Å². The number of rotatable bonds is 4. The maximum absolute atomic E-state index is 11.3. The quantitative estimate of drug-likeness (QED) is 0.715. The van der Waals surface area contributed by atoms with Crippen LogP contribution in [0, 0.1) is 0 Å². The first kappa shape index (κ1) is 11.3. The van der Waals surface area contributed by atoms with Gasteiger partial charge in [-0.1, -0.05) is 11.3 Å². The Morgan fingerprint density at radius 3 is 2.57 bits per heavy atom. The van der Waals surface area contributed by atoms with Crippen molar-refractivity contribution in [2.75, 3.05) is 18.8 Å². The summed E-state index contributed by atoms with van der Waals surface area (Å²) in [6, 6.07) is 0. The number of aromatic nitrogens is 2. The first-order chi connectivity index (χ1) is 6.45. The molecule has 0 aliphatic carbocycles. The maximum atomic E-state index is 11.3. The van der Waals surface area contributed by atoms with Crippen molar-refractivity contribution in [2.24, 2.45) is 5.73 Å². The zero-order chi connectivity index (χ0) is 10.8. The molecule has 0 aromatic carbocycles. The van der Waals surface area contributed by atoms with Crippen LogP contribution in [0.15, 0.2) is 0 Å². The van der Waals surface area contributed by atoms with E-state index in [4.69, 9.17) is 5.73 Å². The highest BCUT2D eigenvalue weighted by atomic mass is 32.2. The average molecular weight is 237 g/mol. The molecule has 0 saturated heterocycles. The van der Waals surface area contributed by atoms with E-state index in [-0.39, 0.29) is 11.7 Å². The largest absolute Gasteiger partial charge is 0.324 e. The second-order valence-corrected chi connectivity index (χ2v) is 5.54. The van der Waals surface area contributed by atoms with Crippen molar-refractivity contribution in [3.63, 3.8) is 0 Å². The zero-order valence-corrected chi connectivity index (χ0v) is 9.39.